The van der Waals surface area contributed by atoms with Crippen molar-refractivity contribution in [2.24, 2.45) is 13.0 Å². The number of nitrogens with one attached hydrogen (secondary N) is 1. The third kappa shape index (κ3) is 5.05. The van der Waals surface area contributed by atoms with Crippen LogP contribution in [0.25, 0.3) is 11.2 Å². The van der Waals surface area contributed by atoms with Gasteiger partial charge in [-0.1, -0.05) is 0 Å². The van der Waals surface area contributed by atoms with Crippen LogP contribution < -0.4 is 10.1 Å². The van der Waals surface area contributed by atoms with Crippen LogP contribution in [0.3, 0.4) is 0 Å². The molecular formula is C26H27N9O2. The number of aromatic nitrogens is 5. The van der Waals surface area contributed by atoms with Crippen molar-refractivity contribution in [2.75, 3.05) is 39.0 Å². The summed E-state index contributed by atoms with van der Waals surface area (Å²) in [6.07, 6.45) is 4.77. The van der Waals surface area contributed by atoms with Crippen molar-refractivity contribution in [1.29, 1.82) is 5.26 Å². The normalized spacial score (nSPS) is 13.5. The summed E-state index contributed by atoms with van der Waals surface area (Å²) in [7, 11) is 5.94. The molecule has 11 nitrogen and oxygen atoms in total. The molecule has 0 saturated carbocycles. The Labute approximate surface area is 214 Å². The van der Waals surface area contributed by atoms with Crippen LogP contribution in [-0.2, 0) is 7.05 Å². The predicted molar refractivity (Wildman–Crippen MR) is 138 cm³/mol. The van der Waals surface area contributed by atoms with Crippen LogP contribution in [0.5, 0.6) is 11.6 Å². The maximum absolute atomic E-state index is 12.8. The largest absolute Gasteiger partial charge is 0.437 e. The Bertz CT molecular complexity index is 1500. The van der Waals surface area contributed by atoms with Gasteiger partial charge in [0, 0.05) is 44.9 Å². The lowest BCUT2D eigenvalue weighted by Crippen LogP contribution is -2.53. The molecule has 1 fully saturated rings. The van der Waals surface area contributed by atoms with Crippen molar-refractivity contribution in [3.63, 3.8) is 0 Å². The number of carbonyl (C=O) groups excluding carboxylic acids is 1. The van der Waals surface area contributed by atoms with E-state index in [2.05, 4.69) is 30.2 Å². The number of anilines is 2. The van der Waals surface area contributed by atoms with Gasteiger partial charge in [-0.3, -0.25) is 4.79 Å². The number of hydrogen-bond donors (Lipinski definition) is 1. The number of hydrogen-bond acceptors (Lipinski definition) is 9. The number of nitrogens with zero attached hydrogens (tertiary/aromatic N) is 8. The first-order chi connectivity index (χ1) is 17.8. The van der Waals surface area contributed by atoms with Gasteiger partial charge in [0.15, 0.2) is 11.4 Å². The molecule has 0 unspecified atom stereocenters. The summed E-state index contributed by atoms with van der Waals surface area (Å²) in [6.45, 7) is 4.35. The van der Waals surface area contributed by atoms with E-state index in [1.54, 1.807) is 41.4 Å². The summed E-state index contributed by atoms with van der Waals surface area (Å²) < 4.78 is 7.80. The minimum atomic E-state index is -0.00725. The Hall–Kier alpha value is -4.56. The van der Waals surface area contributed by atoms with Gasteiger partial charge in [-0.25, -0.2) is 15.0 Å². The first kappa shape index (κ1) is 24.1. The number of carbonyl (C=O) groups is 1. The van der Waals surface area contributed by atoms with Crippen LogP contribution in [0.2, 0.25) is 0 Å². The van der Waals surface area contributed by atoms with E-state index < -0.39 is 0 Å². The summed E-state index contributed by atoms with van der Waals surface area (Å²) in [5.74, 6) is 1.91. The molecule has 5 heterocycles. The molecule has 188 valence electrons. The van der Waals surface area contributed by atoms with Crippen molar-refractivity contribution in [3.05, 3.63) is 59.8 Å². The smallest absolute Gasteiger partial charge is 0.255 e. The summed E-state index contributed by atoms with van der Waals surface area (Å²) in [5, 5.41) is 12.3. The molecule has 0 bridgehead atoms. The molecule has 0 atom stereocenters. The average molecular weight is 498 g/mol. The zero-order chi connectivity index (χ0) is 26.1. The van der Waals surface area contributed by atoms with E-state index in [0.717, 1.165) is 25.2 Å². The molecule has 4 aromatic heterocycles. The van der Waals surface area contributed by atoms with E-state index in [4.69, 9.17) is 10.00 Å². The monoisotopic (exact) mass is 497 g/mol. The second kappa shape index (κ2) is 9.83. The molecule has 4 aromatic rings. The highest BCUT2D eigenvalue weighted by Gasteiger charge is 2.31. The van der Waals surface area contributed by atoms with Gasteiger partial charge in [0.25, 0.3) is 5.91 Å². The Morgan fingerprint density at radius 3 is 2.70 bits per heavy atom. The van der Waals surface area contributed by atoms with Crippen LogP contribution >= 0.6 is 0 Å². The lowest BCUT2D eigenvalue weighted by molar-refractivity contribution is 0.0450. The first-order valence-electron chi connectivity index (χ1n) is 11.8. The summed E-state index contributed by atoms with van der Waals surface area (Å²) in [6, 6.07) is 8.96. The van der Waals surface area contributed by atoms with Crippen LogP contribution in [0.1, 0.15) is 21.6 Å². The Balaban J connectivity index is 1.34. The number of nitriles is 1. The molecular weight excluding hydrogens is 470 g/mol. The van der Waals surface area contributed by atoms with Crippen molar-refractivity contribution < 1.29 is 9.53 Å². The van der Waals surface area contributed by atoms with Gasteiger partial charge in [0.1, 0.15) is 23.1 Å². The molecule has 1 aliphatic rings. The van der Waals surface area contributed by atoms with Gasteiger partial charge in [-0.2, -0.15) is 10.2 Å². The van der Waals surface area contributed by atoms with Gasteiger partial charge in [-0.05, 0) is 44.8 Å². The van der Waals surface area contributed by atoms with Crippen molar-refractivity contribution >= 4 is 28.6 Å². The van der Waals surface area contributed by atoms with Gasteiger partial charge in [0.05, 0.1) is 23.8 Å². The highest BCUT2D eigenvalue weighted by Crippen LogP contribution is 2.31. The average Bonchev–Trinajstić information content (AvgIpc) is 3.23. The van der Waals surface area contributed by atoms with E-state index in [0.29, 0.717) is 51.5 Å². The highest BCUT2D eigenvalue weighted by molar-refractivity contribution is 5.95. The minimum absolute atomic E-state index is 0.00725. The number of rotatable bonds is 7. The third-order valence-corrected chi connectivity index (χ3v) is 6.18. The SMILES string of the molecule is Cc1cc(C#N)ncc1Oc1cc(Nc2ccc(C(=O)N3CC(CN(C)C)C3)cn2)c2ncn(C)c2n1. The highest BCUT2D eigenvalue weighted by atomic mass is 16.5. The van der Waals surface area contributed by atoms with E-state index in [1.165, 1.54) is 6.20 Å². The lowest BCUT2D eigenvalue weighted by atomic mass is 9.99. The Morgan fingerprint density at radius 2 is 2.03 bits per heavy atom. The molecule has 11 heteroatoms. The summed E-state index contributed by atoms with van der Waals surface area (Å²) in [4.78, 5) is 34.4. The van der Waals surface area contributed by atoms with E-state index in [1.807, 2.05) is 39.0 Å². The molecule has 0 radical (unpaired) electrons. The van der Waals surface area contributed by atoms with Gasteiger partial charge in [0.2, 0.25) is 5.88 Å². The number of ether oxygens (including phenoxy) is 1. The molecule has 1 saturated heterocycles. The van der Waals surface area contributed by atoms with Gasteiger partial charge >= 0.3 is 0 Å². The fourth-order valence-corrected chi connectivity index (χ4v) is 4.33. The minimum Gasteiger partial charge on any atom is -0.437 e. The molecule has 0 aliphatic carbocycles. The molecule has 37 heavy (non-hydrogen) atoms. The third-order valence-electron chi connectivity index (χ3n) is 6.18. The van der Waals surface area contributed by atoms with E-state index in [-0.39, 0.29) is 5.91 Å². The van der Waals surface area contributed by atoms with Crippen molar-refractivity contribution in [3.8, 4) is 17.7 Å². The number of fused-ring (bicyclic) bond motifs is 1. The van der Waals surface area contributed by atoms with Gasteiger partial charge in [-0.15, -0.1) is 0 Å². The quantitative estimate of drug-likeness (QED) is 0.410. The van der Waals surface area contributed by atoms with Crippen LogP contribution in [-0.4, -0.2) is 73.9 Å². The zero-order valence-corrected chi connectivity index (χ0v) is 21.1. The van der Waals surface area contributed by atoms with Crippen molar-refractivity contribution in [2.45, 2.75) is 6.92 Å². The van der Waals surface area contributed by atoms with Crippen LogP contribution in [0, 0.1) is 24.2 Å². The molecule has 1 aliphatic heterocycles. The summed E-state index contributed by atoms with van der Waals surface area (Å²) >= 11 is 0. The standard InChI is InChI=1S/C26H27N9O2/c1-16-7-19(9-27)28-11-21(16)37-23-8-20(24-25(32-23)34(4)15-30-24)31-22-6-5-18(10-29-22)26(36)35-13-17(14-35)12-33(2)3/h5-8,10-11,15,17H,12-14H2,1-4H3,(H,29,31,32). The molecule has 0 aromatic carbocycles. The number of likely N-dealkylation sites (tertiary alicyclic amines) is 1. The Kier molecular flexibility index (Phi) is 6.42. The predicted octanol–water partition coefficient (Wildman–Crippen LogP) is 3.11. The second-order valence-corrected chi connectivity index (χ2v) is 9.48. The number of imidazole rings is 1. The maximum Gasteiger partial charge on any atom is 0.255 e. The van der Waals surface area contributed by atoms with Crippen LogP contribution in [0.15, 0.2) is 43.0 Å². The van der Waals surface area contributed by atoms with E-state index in [9.17, 15) is 4.79 Å². The maximum atomic E-state index is 12.8. The zero-order valence-electron chi connectivity index (χ0n) is 21.1. The number of amides is 1. The fraction of sp³-hybridized carbons (Fsp3) is 0.308. The molecule has 5 rings (SSSR count). The van der Waals surface area contributed by atoms with Crippen molar-refractivity contribution in [1.82, 2.24) is 34.3 Å². The molecule has 1 N–H and O–H groups in total. The second-order valence-electron chi connectivity index (χ2n) is 9.48. The topological polar surface area (TPSA) is 125 Å². The van der Waals surface area contributed by atoms with E-state index >= 15 is 0 Å². The molecule has 1 amide bonds. The Morgan fingerprint density at radius 1 is 1.22 bits per heavy atom. The number of pyridine rings is 3. The summed E-state index contributed by atoms with van der Waals surface area (Å²) in [5.41, 5.74) is 3.57. The van der Waals surface area contributed by atoms with Crippen LogP contribution in [0.4, 0.5) is 11.5 Å². The molecule has 0 spiro atoms. The number of aryl methyl sites for hydroxylation is 2. The van der Waals surface area contributed by atoms with Gasteiger partial charge < -0.3 is 24.4 Å². The lowest BCUT2D eigenvalue weighted by Gasteiger charge is -2.40. The fourth-order valence-electron chi connectivity index (χ4n) is 4.33. The first-order valence-corrected chi connectivity index (χ1v) is 11.8.